The van der Waals surface area contributed by atoms with E-state index in [9.17, 15) is 4.79 Å². The molecule has 1 saturated heterocycles. The number of carbonyl (C=O) groups excluding carboxylic acids is 1. The van der Waals surface area contributed by atoms with Crippen molar-refractivity contribution < 1.29 is 13.9 Å². The van der Waals surface area contributed by atoms with Crippen LogP contribution in [0.4, 0.5) is 4.39 Å². The molecule has 0 bridgehead atoms. The van der Waals surface area contributed by atoms with Crippen molar-refractivity contribution in [3.63, 3.8) is 0 Å². The summed E-state index contributed by atoms with van der Waals surface area (Å²) in [4.78, 5) is 13.9. The van der Waals surface area contributed by atoms with Gasteiger partial charge in [-0.05, 0) is 23.8 Å². The third-order valence-electron chi connectivity index (χ3n) is 3.92. The first-order valence-electron chi connectivity index (χ1n) is 7.14. The van der Waals surface area contributed by atoms with Gasteiger partial charge in [0.25, 0.3) is 5.91 Å². The van der Waals surface area contributed by atoms with Crippen molar-refractivity contribution in [1.29, 1.82) is 0 Å². The second-order valence-electron chi connectivity index (χ2n) is 5.41. The molecule has 1 aromatic carbocycles. The Kier molecular flexibility index (Phi) is 4.17. The highest BCUT2D eigenvalue weighted by Crippen LogP contribution is 2.37. The smallest absolute Gasteiger partial charge is 0.274 e. The van der Waals surface area contributed by atoms with Crippen LogP contribution < -0.4 is 4.74 Å². The van der Waals surface area contributed by atoms with Crippen LogP contribution in [0, 0.1) is 0 Å². The van der Waals surface area contributed by atoms with E-state index in [1.165, 1.54) is 18.1 Å². The molecule has 5 nitrogen and oxygen atoms in total. The van der Waals surface area contributed by atoms with E-state index in [-0.39, 0.29) is 24.6 Å². The lowest BCUT2D eigenvalue weighted by Crippen LogP contribution is -2.32. The first kappa shape index (κ1) is 15.7. The Morgan fingerprint density at radius 2 is 2.17 bits per heavy atom. The average molecular weight is 336 g/mol. The molecule has 2 heterocycles. The summed E-state index contributed by atoms with van der Waals surface area (Å²) in [6, 6.07) is 9.76. The minimum atomic E-state index is -1.60. The fourth-order valence-corrected chi connectivity index (χ4v) is 2.84. The molecule has 0 radical (unpaired) electrons. The molecule has 7 heteroatoms. The molecule has 1 amide bonds. The number of rotatable bonds is 3. The number of hydrogen-bond donors (Lipinski definition) is 0. The lowest BCUT2D eigenvalue weighted by atomic mass is 9.95. The van der Waals surface area contributed by atoms with E-state index in [4.69, 9.17) is 16.3 Å². The van der Waals surface area contributed by atoms with Gasteiger partial charge in [0.15, 0.2) is 11.4 Å². The number of carbonyl (C=O) groups is 1. The predicted molar refractivity (Wildman–Crippen MR) is 83.3 cm³/mol. The number of halogens is 2. The van der Waals surface area contributed by atoms with Gasteiger partial charge < -0.3 is 9.64 Å². The standard InChI is InChI=1S/C16H15ClFN3O2/c1-23-14-6-5-13(19-20-14)15(22)21-8-7-16(18,10-21)11-3-2-4-12(17)9-11/h2-6,9H,7-8,10H2,1H3/t16-/m1/s1. The molecule has 120 valence electrons. The van der Waals surface area contributed by atoms with Crippen LogP contribution in [0.15, 0.2) is 36.4 Å². The maximum absolute atomic E-state index is 15.2. The van der Waals surface area contributed by atoms with E-state index in [0.29, 0.717) is 23.0 Å². The van der Waals surface area contributed by atoms with Crippen LogP contribution in [0.1, 0.15) is 22.5 Å². The Bertz CT molecular complexity index is 726. The summed E-state index contributed by atoms with van der Waals surface area (Å²) >= 11 is 5.93. The Hall–Kier alpha value is -2.21. The van der Waals surface area contributed by atoms with E-state index >= 15 is 4.39 Å². The third-order valence-corrected chi connectivity index (χ3v) is 4.15. The molecule has 0 aliphatic carbocycles. The van der Waals surface area contributed by atoms with Crippen molar-refractivity contribution in [2.45, 2.75) is 12.1 Å². The highest BCUT2D eigenvalue weighted by Gasteiger charge is 2.42. The highest BCUT2D eigenvalue weighted by atomic mass is 35.5. The Morgan fingerprint density at radius 3 is 2.83 bits per heavy atom. The van der Waals surface area contributed by atoms with Crippen LogP contribution >= 0.6 is 11.6 Å². The lowest BCUT2D eigenvalue weighted by molar-refractivity contribution is 0.0743. The molecule has 1 atom stereocenters. The normalized spacial score (nSPS) is 20.6. The molecular weight excluding hydrogens is 321 g/mol. The minimum absolute atomic E-state index is 0.0279. The molecule has 23 heavy (non-hydrogen) atoms. The number of benzene rings is 1. The summed E-state index contributed by atoms with van der Waals surface area (Å²) in [6.45, 7) is 0.287. The molecule has 1 aliphatic heterocycles. The van der Waals surface area contributed by atoms with E-state index in [2.05, 4.69) is 10.2 Å². The predicted octanol–water partition coefficient (Wildman–Crippen LogP) is 2.85. The molecule has 1 fully saturated rings. The van der Waals surface area contributed by atoms with Gasteiger partial charge in [0.2, 0.25) is 5.88 Å². The van der Waals surface area contributed by atoms with Gasteiger partial charge in [0.05, 0.1) is 13.7 Å². The molecule has 0 spiro atoms. The van der Waals surface area contributed by atoms with E-state index in [1.807, 2.05) is 0 Å². The number of alkyl halides is 1. The summed E-state index contributed by atoms with van der Waals surface area (Å²) < 4.78 is 20.1. The fourth-order valence-electron chi connectivity index (χ4n) is 2.65. The van der Waals surface area contributed by atoms with Gasteiger partial charge in [0.1, 0.15) is 0 Å². The van der Waals surface area contributed by atoms with Crippen molar-refractivity contribution in [3.05, 3.63) is 52.7 Å². The number of aromatic nitrogens is 2. The summed E-state index contributed by atoms with van der Waals surface area (Å²) in [6.07, 6.45) is 0.225. The van der Waals surface area contributed by atoms with Crippen LogP contribution in [0.5, 0.6) is 5.88 Å². The Morgan fingerprint density at radius 1 is 1.35 bits per heavy atom. The van der Waals surface area contributed by atoms with E-state index in [0.717, 1.165) is 0 Å². The summed E-state index contributed by atoms with van der Waals surface area (Å²) in [5.41, 5.74) is -0.942. The van der Waals surface area contributed by atoms with Crippen LogP contribution in [-0.2, 0) is 5.67 Å². The topological polar surface area (TPSA) is 55.3 Å². The van der Waals surface area contributed by atoms with E-state index in [1.54, 1.807) is 30.3 Å². The van der Waals surface area contributed by atoms with Gasteiger partial charge in [-0.3, -0.25) is 4.79 Å². The molecule has 0 N–H and O–H groups in total. The average Bonchev–Trinajstić information content (AvgIpc) is 2.98. The van der Waals surface area contributed by atoms with Crippen LogP contribution in [0.3, 0.4) is 0 Å². The summed E-state index contributed by atoms with van der Waals surface area (Å²) in [5, 5.41) is 8.06. The van der Waals surface area contributed by atoms with Crippen molar-refractivity contribution in [3.8, 4) is 5.88 Å². The third kappa shape index (κ3) is 3.12. The quantitative estimate of drug-likeness (QED) is 0.865. The van der Waals surface area contributed by atoms with Gasteiger partial charge in [-0.15, -0.1) is 10.2 Å². The van der Waals surface area contributed by atoms with Gasteiger partial charge in [-0.1, -0.05) is 23.7 Å². The fraction of sp³-hybridized carbons (Fsp3) is 0.312. The van der Waals surface area contributed by atoms with Crippen molar-refractivity contribution in [2.75, 3.05) is 20.2 Å². The molecular formula is C16H15ClFN3O2. The van der Waals surface area contributed by atoms with Gasteiger partial charge in [-0.2, -0.15) is 0 Å². The summed E-state index contributed by atoms with van der Waals surface area (Å²) in [7, 11) is 1.47. The number of ether oxygens (including phenoxy) is 1. The first-order valence-corrected chi connectivity index (χ1v) is 7.51. The number of hydrogen-bond acceptors (Lipinski definition) is 4. The molecule has 1 aliphatic rings. The van der Waals surface area contributed by atoms with Crippen LogP contribution in [0.2, 0.25) is 5.02 Å². The molecule has 3 rings (SSSR count). The molecule has 0 unspecified atom stereocenters. The monoisotopic (exact) mass is 335 g/mol. The zero-order valence-corrected chi connectivity index (χ0v) is 13.3. The highest BCUT2D eigenvalue weighted by molar-refractivity contribution is 6.30. The van der Waals surface area contributed by atoms with Crippen LogP contribution in [-0.4, -0.2) is 41.2 Å². The van der Waals surface area contributed by atoms with Crippen molar-refractivity contribution in [2.24, 2.45) is 0 Å². The van der Waals surface area contributed by atoms with E-state index < -0.39 is 5.67 Å². The molecule has 1 aromatic heterocycles. The zero-order chi connectivity index (χ0) is 16.4. The Balaban J connectivity index is 1.77. The maximum Gasteiger partial charge on any atom is 0.274 e. The lowest BCUT2D eigenvalue weighted by Gasteiger charge is -2.21. The number of nitrogens with zero attached hydrogens (tertiary/aromatic N) is 3. The number of methoxy groups -OCH3 is 1. The van der Waals surface area contributed by atoms with Gasteiger partial charge in [0, 0.05) is 24.1 Å². The molecule has 2 aromatic rings. The maximum atomic E-state index is 15.2. The second kappa shape index (κ2) is 6.12. The Labute approximate surface area is 138 Å². The van der Waals surface area contributed by atoms with Gasteiger partial charge in [-0.25, -0.2) is 4.39 Å². The van der Waals surface area contributed by atoms with Gasteiger partial charge >= 0.3 is 0 Å². The SMILES string of the molecule is COc1ccc(C(=O)N2CC[C@](F)(c3cccc(Cl)c3)C2)nn1. The minimum Gasteiger partial charge on any atom is -0.480 e. The first-order chi connectivity index (χ1) is 11.0. The van der Waals surface area contributed by atoms with Crippen LogP contribution in [0.25, 0.3) is 0 Å². The molecule has 0 saturated carbocycles. The van der Waals surface area contributed by atoms with Crippen molar-refractivity contribution in [1.82, 2.24) is 15.1 Å². The zero-order valence-electron chi connectivity index (χ0n) is 12.5. The number of likely N-dealkylation sites (tertiary alicyclic amines) is 1. The summed E-state index contributed by atoms with van der Waals surface area (Å²) in [5.74, 6) is -0.0246. The number of amides is 1. The largest absolute Gasteiger partial charge is 0.480 e. The van der Waals surface area contributed by atoms with Crippen molar-refractivity contribution >= 4 is 17.5 Å². The second-order valence-corrected chi connectivity index (χ2v) is 5.85.